The van der Waals surface area contributed by atoms with Crippen molar-refractivity contribution in [1.82, 2.24) is 10.6 Å². The molecule has 0 fully saturated rings. The summed E-state index contributed by atoms with van der Waals surface area (Å²) in [4.78, 5) is 24.5. The second kappa shape index (κ2) is 6.67. The highest BCUT2D eigenvalue weighted by molar-refractivity contribution is 5.95. The largest absolute Gasteiger partial charge is 0.456 e. The molecular weight excluding hydrogens is 304 g/mol. The zero-order valence-corrected chi connectivity index (χ0v) is 15.2. The van der Waals surface area contributed by atoms with E-state index in [1.807, 2.05) is 45.0 Å². The molecule has 1 aliphatic heterocycles. The molecule has 1 aromatic rings. The quantitative estimate of drug-likeness (QED) is 0.829. The maximum atomic E-state index is 12.6. The van der Waals surface area contributed by atoms with Gasteiger partial charge in [-0.1, -0.05) is 38.1 Å². The van der Waals surface area contributed by atoms with E-state index in [4.69, 9.17) is 4.74 Å². The summed E-state index contributed by atoms with van der Waals surface area (Å²) in [7, 11) is 0. The SMILES string of the molecule is CC1=C(C(=O)OC(C)(C)C)[C@H](c2ccc(C(C)C)cc2)NC(=O)N1. The molecule has 1 heterocycles. The Balaban J connectivity index is 2.39. The first-order chi connectivity index (χ1) is 11.1. The number of carbonyl (C=O) groups is 2. The molecule has 130 valence electrons. The molecule has 0 aromatic heterocycles. The maximum absolute atomic E-state index is 12.6. The summed E-state index contributed by atoms with van der Waals surface area (Å²) in [5.74, 6) is -0.00490. The summed E-state index contributed by atoms with van der Waals surface area (Å²) in [6, 6.07) is 7.10. The van der Waals surface area contributed by atoms with Crippen molar-refractivity contribution >= 4 is 12.0 Å². The molecule has 0 saturated heterocycles. The third-order valence-electron chi connectivity index (χ3n) is 3.82. The molecule has 1 atom stereocenters. The summed E-state index contributed by atoms with van der Waals surface area (Å²) >= 11 is 0. The van der Waals surface area contributed by atoms with Crippen LogP contribution >= 0.6 is 0 Å². The molecule has 0 spiro atoms. The smallest absolute Gasteiger partial charge is 0.338 e. The van der Waals surface area contributed by atoms with E-state index >= 15 is 0 Å². The lowest BCUT2D eigenvalue weighted by molar-refractivity contribution is -0.150. The van der Waals surface area contributed by atoms with Crippen LogP contribution in [0.4, 0.5) is 4.79 Å². The molecule has 2 amide bonds. The van der Waals surface area contributed by atoms with Crippen LogP contribution in [0.3, 0.4) is 0 Å². The Morgan fingerprint density at radius 1 is 1.17 bits per heavy atom. The number of urea groups is 1. The van der Waals surface area contributed by atoms with E-state index in [1.165, 1.54) is 5.56 Å². The number of hydrogen-bond acceptors (Lipinski definition) is 3. The van der Waals surface area contributed by atoms with Gasteiger partial charge in [0.1, 0.15) is 5.60 Å². The summed E-state index contributed by atoms with van der Waals surface area (Å²) in [5.41, 5.74) is 2.42. The van der Waals surface area contributed by atoms with Gasteiger partial charge in [-0.05, 0) is 44.7 Å². The Kier molecular flexibility index (Phi) is 5.02. The standard InChI is InChI=1S/C19H26N2O3/c1-11(2)13-7-9-14(10-8-13)16-15(12(3)20-18(23)21-16)17(22)24-19(4,5)6/h7-11,16H,1-6H3,(H2,20,21,23)/t16-/m0/s1. The van der Waals surface area contributed by atoms with Gasteiger partial charge in [-0.25, -0.2) is 9.59 Å². The van der Waals surface area contributed by atoms with Crippen LogP contribution in [0.2, 0.25) is 0 Å². The molecule has 5 heteroatoms. The number of hydrogen-bond donors (Lipinski definition) is 2. The van der Waals surface area contributed by atoms with Crippen molar-refractivity contribution in [2.75, 3.05) is 0 Å². The molecule has 1 aromatic carbocycles. The minimum absolute atomic E-state index is 0.322. The van der Waals surface area contributed by atoms with Gasteiger partial charge < -0.3 is 15.4 Å². The molecule has 1 aliphatic rings. The van der Waals surface area contributed by atoms with Crippen LogP contribution < -0.4 is 10.6 Å². The zero-order valence-electron chi connectivity index (χ0n) is 15.2. The molecule has 24 heavy (non-hydrogen) atoms. The van der Waals surface area contributed by atoms with Gasteiger partial charge in [0.2, 0.25) is 0 Å². The highest BCUT2D eigenvalue weighted by atomic mass is 16.6. The van der Waals surface area contributed by atoms with Gasteiger partial charge in [-0.2, -0.15) is 0 Å². The van der Waals surface area contributed by atoms with Crippen molar-refractivity contribution in [2.45, 2.75) is 59.1 Å². The van der Waals surface area contributed by atoms with Gasteiger partial charge in [0, 0.05) is 5.70 Å². The fourth-order valence-electron chi connectivity index (χ4n) is 2.62. The normalized spacial score (nSPS) is 18.3. The molecule has 5 nitrogen and oxygen atoms in total. The summed E-state index contributed by atoms with van der Waals surface area (Å²) in [6.45, 7) is 11.4. The van der Waals surface area contributed by atoms with Crippen LogP contribution in [-0.4, -0.2) is 17.6 Å². The average Bonchev–Trinajstić information content (AvgIpc) is 2.44. The van der Waals surface area contributed by atoms with Crippen molar-refractivity contribution < 1.29 is 14.3 Å². The van der Waals surface area contributed by atoms with Crippen LogP contribution in [-0.2, 0) is 9.53 Å². The number of benzene rings is 1. The van der Waals surface area contributed by atoms with Crippen LogP contribution in [0.1, 0.15) is 64.6 Å². The topological polar surface area (TPSA) is 67.4 Å². The van der Waals surface area contributed by atoms with E-state index in [-0.39, 0.29) is 6.03 Å². The number of rotatable bonds is 3. The predicted octanol–water partition coefficient (Wildman–Crippen LogP) is 3.78. The highest BCUT2D eigenvalue weighted by Gasteiger charge is 2.33. The van der Waals surface area contributed by atoms with E-state index in [0.717, 1.165) is 5.56 Å². The van der Waals surface area contributed by atoms with Gasteiger partial charge in [0.05, 0.1) is 11.6 Å². The zero-order chi connectivity index (χ0) is 18.1. The highest BCUT2D eigenvalue weighted by Crippen LogP contribution is 2.29. The second-order valence-corrected chi connectivity index (χ2v) is 7.39. The maximum Gasteiger partial charge on any atom is 0.338 e. The third kappa shape index (κ3) is 4.16. The average molecular weight is 330 g/mol. The Morgan fingerprint density at radius 3 is 2.25 bits per heavy atom. The van der Waals surface area contributed by atoms with Gasteiger partial charge in [-0.15, -0.1) is 0 Å². The van der Waals surface area contributed by atoms with E-state index in [1.54, 1.807) is 6.92 Å². The van der Waals surface area contributed by atoms with Crippen LogP contribution in [0.25, 0.3) is 0 Å². The third-order valence-corrected chi connectivity index (χ3v) is 3.82. The minimum atomic E-state index is -0.599. The molecule has 2 N–H and O–H groups in total. The van der Waals surface area contributed by atoms with Gasteiger partial charge >= 0.3 is 12.0 Å². The Labute approximate surface area is 143 Å². The van der Waals surface area contributed by atoms with E-state index in [0.29, 0.717) is 17.2 Å². The molecular formula is C19H26N2O3. The predicted molar refractivity (Wildman–Crippen MR) is 93.5 cm³/mol. The minimum Gasteiger partial charge on any atom is -0.456 e. The van der Waals surface area contributed by atoms with Crippen molar-refractivity contribution in [1.29, 1.82) is 0 Å². The van der Waals surface area contributed by atoms with Crippen molar-refractivity contribution in [3.63, 3.8) is 0 Å². The summed E-state index contributed by atoms with van der Waals surface area (Å²) in [5, 5.41) is 5.47. The van der Waals surface area contributed by atoms with Gasteiger partial charge in [0.25, 0.3) is 0 Å². The van der Waals surface area contributed by atoms with E-state index in [9.17, 15) is 9.59 Å². The van der Waals surface area contributed by atoms with Crippen molar-refractivity contribution in [3.05, 3.63) is 46.7 Å². The Hall–Kier alpha value is -2.30. The first kappa shape index (κ1) is 18.0. The molecule has 0 bridgehead atoms. The second-order valence-electron chi connectivity index (χ2n) is 7.39. The summed E-state index contributed by atoms with van der Waals surface area (Å²) < 4.78 is 5.51. The first-order valence-electron chi connectivity index (χ1n) is 8.20. The van der Waals surface area contributed by atoms with Crippen molar-refractivity contribution in [2.24, 2.45) is 0 Å². The number of allylic oxidation sites excluding steroid dienone is 1. The van der Waals surface area contributed by atoms with Gasteiger partial charge in [-0.3, -0.25) is 0 Å². The monoisotopic (exact) mass is 330 g/mol. The lowest BCUT2D eigenvalue weighted by Crippen LogP contribution is -2.46. The fraction of sp³-hybridized carbons (Fsp3) is 0.474. The number of nitrogens with one attached hydrogen (secondary N) is 2. The van der Waals surface area contributed by atoms with Crippen LogP contribution in [0.5, 0.6) is 0 Å². The number of amides is 2. The fourth-order valence-corrected chi connectivity index (χ4v) is 2.62. The number of ether oxygens (including phenoxy) is 1. The number of esters is 1. The van der Waals surface area contributed by atoms with E-state index in [2.05, 4.69) is 24.5 Å². The van der Waals surface area contributed by atoms with Crippen LogP contribution in [0.15, 0.2) is 35.5 Å². The van der Waals surface area contributed by atoms with Crippen molar-refractivity contribution in [3.8, 4) is 0 Å². The molecule has 0 radical (unpaired) electrons. The summed E-state index contributed by atoms with van der Waals surface area (Å²) in [6.07, 6.45) is 0. The first-order valence-corrected chi connectivity index (χ1v) is 8.20. The molecule has 0 saturated carbocycles. The number of carbonyl (C=O) groups excluding carboxylic acids is 2. The lowest BCUT2D eigenvalue weighted by atomic mass is 9.93. The Bertz CT molecular complexity index is 667. The van der Waals surface area contributed by atoms with Gasteiger partial charge in [0.15, 0.2) is 0 Å². The van der Waals surface area contributed by atoms with Crippen LogP contribution in [0, 0.1) is 0 Å². The lowest BCUT2D eigenvalue weighted by Gasteiger charge is -2.30. The van der Waals surface area contributed by atoms with E-state index < -0.39 is 17.6 Å². The molecule has 2 rings (SSSR count). The molecule has 0 unspecified atom stereocenters. The Morgan fingerprint density at radius 2 is 1.75 bits per heavy atom. The molecule has 0 aliphatic carbocycles.